The topological polar surface area (TPSA) is 38.3 Å². The fourth-order valence-corrected chi connectivity index (χ4v) is 2.15. The van der Waals surface area contributed by atoms with Crippen molar-refractivity contribution in [3.8, 4) is 0 Å². The third-order valence-corrected chi connectivity index (χ3v) is 2.68. The van der Waals surface area contributed by atoms with Crippen molar-refractivity contribution in [2.75, 3.05) is 0 Å². The number of alkyl carbamates (subject to hydrolysis) is 1. The van der Waals surface area contributed by atoms with Crippen molar-refractivity contribution in [1.29, 1.82) is 0 Å². The molecule has 1 N–H and O–H groups in total. The Bertz CT molecular complexity index is 388. The molecule has 1 unspecified atom stereocenters. The van der Waals surface area contributed by atoms with Crippen LogP contribution in [-0.2, 0) is 4.74 Å². The van der Waals surface area contributed by atoms with E-state index in [-0.39, 0.29) is 12.1 Å². The van der Waals surface area contributed by atoms with E-state index in [4.69, 9.17) is 27.9 Å². The summed E-state index contributed by atoms with van der Waals surface area (Å²) in [6.07, 6.45) is -0.739. The van der Waals surface area contributed by atoms with E-state index in [9.17, 15) is 4.79 Å². The van der Waals surface area contributed by atoms with Gasteiger partial charge in [0.15, 0.2) is 0 Å². The zero-order valence-electron chi connectivity index (χ0n) is 7.96. The Labute approximate surface area is 97.3 Å². The van der Waals surface area contributed by atoms with E-state index in [0.29, 0.717) is 10.0 Å². The molecule has 0 aliphatic carbocycles. The minimum Gasteiger partial charge on any atom is -0.439 e. The van der Waals surface area contributed by atoms with Gasteiger partial charge in [0.2, 0.25) is 0 Å². The van der Waals surface area contributed by atoms with Gasteiger partial charge in [-0.3, -0.25) is 0 Å². The molecule has 5 heteroatoms. The lowest BCUT2D eigenvalue weighted by Gasteiger charge is -2.13. The van der Waals surface area contributed by atoms with Gasteiger partial charge in [0.25, 0.3) is 0 Å². The number of carbonyl (C=O) groups is 1. The number of cyclic esters (lactones) is 1. The van der Waals surface area contributed by atoms with Gasteiger partial charge in [0, 0.05) is 10.0 Å². The van der Waals surface area contributed by atoms with Gasteiger partial charge in [-0.25, -0.2) is 4.79 Å². The quantitative estimate of drug-likeness (QED) is 0.826. The van der Waals surface area contributed by atoms with Crippen molar-refractivity contribution in [2.45, 2.75) is 19.1 Å². The highest BCUT2D eigenvalue weighted by Gasteiger charge is 2.32. The Morgan fingerprint density at radius 3 is 2.33 bits per heavy atom. The molecule has 1 saturated heterocycles. The minimum atomic E-state index is -0.413. The van der Waals surface area contributed by atoms with Crippen molar-refractivity contribution >= 4 is 29.3 Å². The van der Waals surface area contributed by atoms with E-state index in [1.165, 1.54) is 0 Å². The van der Waals surface area contributed by atoms with Crippen LogP contribution in [0.3, 0.4) is 0 Å². The molecule has 1 amide bonds. The largest absolute Gasteiger partial charge is 0.439 e. The number of rotatable bonds is 1. The monoisotopic (exact) mass is 245 g/mol. The Hall–Kier alpha value is -0.930. The molecule has 2 rings (SSSR count). The molecule has 3 nitrogen and oxygen atoms in total. The number of nitrogens with one attached hydrogen (secondary N) is 1. The van der Waals surface area contributed by atoms with Gasteiger partial charge in [-0.1, -0.05) is 23.2 Å². The van der Waals surface area contributed by atoms with Crippen molar-refractivity contribution in [2.24, 2.45) is 0 Å². The predicted octanol–water partition coefficient (Wildman–Crippen LogP) is 3.16. The maximum absolute atomic E-state index is 11.0. The van der Waals surface area contributed by atoms with Gasteiger partial charge < -0.3 is 10.1 Å². The molecule has 0 saturated carbocycles. The van der Waals surface area contributed by atoms with E-state index in [1.807, 2.05) is 6.92 Å². The molecule has 1 aromatic rings. The van der Waals surface area contributed by atoms with Gasteiger partial charge in [-0.05, 0) is 30.7 Å². The Kier molecular flexibility index (Phi) is 2.76. The number of carbonyl (C=O) groups excluding carboxylic acids is 1. The Balaban J connectivity index is 2.33. The molecule has 1 aliphatic rings. The molecule has 0 spiro atoms. The number of halogens is 2. The van der Waals surface area contributed by atoms with Crippen LogP contribution in [0.25, 0.3) is 0 Å². The predicted molar refractivity (Wildman–Crippen MR) is 58.3 cm³/mol. The average Bonchev–Trinajstić information content (AvgIpc) is 2.43. The Morgan fingerprint density at radius 2 is 1.87 bits per heavy atom. The Morgan fingerprint density at radius 1 is 1.27 bits per heavy atom. The van der Waals surface area contributed by atoms with Crippen LogP contribution in [0.15, 0.2) is 18.2 Å². The first kappa shape index (κ1) is 10.6. The summed E-state index contributed by atoms with van der Waals surface area (Å²) in [5.41, 5.74) is 0.804. The van der Waals surface area contributed by atoms with Gasteiger partial charge in [-0.15, -0.1) is 0 Å². The number of hydrogen-bond donors (Lipinski definition) is 1. The van der Waals surface area contributed by atoms with Crippen molar-refractivity contribution in [1.82, 2.24) is 5.32 Å². The molecule has 1 aliphatic heterocycles. The van der Waals surface area contributed by atoms with Crippen LogP contribution in [0.1, 0.15) is 18.6 Å². The molecule has 0 bridgehead atoms. The SMILES string of the molecule is CC1NC(=O)O[C@@H]1c1cc(Cl)cc(Cl)c1. The second-order valence-electron chi connectivity index (χ2n) is 3.46. The van der Waals surface area contributed by atoms with Crippen LogP contribution in [0.5, 0.6) is 0 Å². The number of ether oxygens (including phenoxy) is 1. The number of benzene rings is 1. The van der Waals surface area contributed by atoms with Crippen LogP contribution in [0.4, 0.5) is 4.79 Å². The van der Waals surface area contributed by atoms with E-state index in [1.54, 1.807) is 18.2 Å². The zero-order chi connectivity index (χ0) is 11.0. The van der Waals surface area contributed by atoms with Gasteiger partial charge in [0.1, 0.15) is 6.10 Å². The maximum atomic E-state index is 11.0. The molecule has 2 atom stereocenters. The summed E-state index contributed by atoms with van der Waals surface area (Å²) < 4.78 is 5.10. The molecule has 1 fully saturated rings. The molecular formula is C10H9Cl2NO2. The average molecular weight is 246 g/mol. The third kappa shape index (κ3) is 2.19. The van der Waals surface area contributed by atoms with Crippen LogP contribution in [0.2, 0.25) is 10.0 Å². The highest BCUT2D eigenvalue weighted by atomic mass is 35.5. The highest BCUT2D eigenvalue weighted by molar-refractivity contribution is 6.34. The van der Waals surface area contributed by atoms with Crippen LogP contribution < -0.4 is 5.32 Å². The first-order valence-electron chi connectivity index (χ1n) is 4.49. The molecular weight excluding hydrogens is 237 g/mol. The molecule has 1 aromatic carbocycles. The van der Waals surface area contributed by atoms with Gasteiger partial charge >= 0.3 is 6.09 Å². The summed E-state index contributed by atoms with van der Waals surface area (Å²) in [6.45, 7) is 1.87. The fourth-order valence-electron chi connectivity index (χ4n) is 1.61. The second kappa shape index (κ2) is 3.91. The van der Waals surface area contributed by atoms with E-state index in [0.717, 1.165) is 5.56 Å². The smallest absolute Gasteiger partial charge is 0.408 e. The molecule has 1 heterocycles. The first-order valence-corrected chi connectivity index (χ1v) is 5.25. The summed E-state index contributed by atoms with van der Waals surface area (Å²) in [6, 6.07) is 5.05. The number of hydrogen-bond acceptors (Lipinski definition) is 2. The summed E-state index contributed by atoms with van der Waals surface area (Å²) in [5.74, 6) is 0. The van der Waals surface area contributed by atoms with E-state index >= 15 is 0 Å². The second-order valence-corrected chi connectivity index (χ2v) is 4.33. The highest BCUT2D eigenvalue weighted by Crippen LogP contribution is 2.30. The summed E-state index contributed by atoms with van der Waals surface area (Å²) in [4.78, 5) is 11.0. The number of amides is 1. The zero-order valence-corrected chi connectivity index (χ0v) is 9.47. The molecule has 15 heavy (non-hydrogen) atoms. The van der Waals surface area contributed by atoms with Gasteiger partial charge in [-0.2, -0.15) is 0 Å². The van der Waals surface area contributed by atoms with Crippen LogP contribution in [0, 0.1) is 0 Å². The van der Waals surface area contributed by atoms with Crippen molar-refractivity contribution < 1.29 is 9.53 Å². The van der Waals surface area contributed by atoms with Crippen LogP contribution in [-0.4, -0.2) is 12.1 Å². The standard InChI is InChI=1S/C10H9Cl2NO2/c1-5-9(15-10(14)13-5)6-2-7(11)4-8(12)3-6/h2-5,9H,1H3,(H,13,14)/t5?,9-/m0/s1. The summed E-state index contributed by atoms with van der Waals surface area (Å²) in [5, 5.41) is 3.73. The maximum Gasteiger partial charge on any atom is 0.408 e. The normalized spacial score (nSPS) is 24.9. The summed E-state index contributed by atoms with van der Waals surface area (Å²) in [7, 11) is 0. The lowest BCUT2D eigenvalue weighted by atomic mass is 10.0. The molecule has 0 radical (unpaired) electrons. The van der Waals surface area contributed by atoms with Crippen molar-refractivity contribution in [3.63, 3.8) is 0 Å². The lowest BCUT2D eigenvalue weighted by molar-refractivity contribution is 0.134. The first-order chi connectivity index (χ1) is 7.06. The van der Waals surface area contributed by atoms with E-state index in [2.05, 4.69) is 5.32 Å². The molecule has 0 aromatic heterocycles. The molecule has 80 valence electrons. The van der Waals surface area contributed by atoms with E-state index < -0.39 is 6.09 Å². The summed E-state index contributed by atoms with van der Waals surface area (Å²) >= 11 is 11.7. The fraction of sp³-hybridized carbons (Fsp3) is 0.300. The lowest BCUT2D eigenvalue weighted by Crippen LogP contribution is -2.23. The minimum absolute atomic E-state index is 0.0768. The van der Waals surface area contributed by atoms with Gasteiger partial charge in [0.05, 0.1) is 6.04 Å². The third-order valence-electron chi connectivity index (χ3n) is 2.25. The van der Waals surface area contributed by atoms with Crippen molar-refractivity contribution in [3.05, 3.63) is 33.8 Å². The van der Waals surface area contributed by atoms with Crippen LogP contribution >= 0.6 is 23.2 Å².